The Morgan fingerprint density at radius 3 is 2.38 bits per heavy atom. The first kappa shape index (κ1) is 7.41. The van der Waals surface area contributed by atoms with Crippen molar-refractivity contribution < 1.29 is 4.58 Å². The van der Waals surface area contributed by atoms with Crippen LogP contribution in [0.1, 0.15) is 13.8 Å². The van der Waals surface area contributed by atoms with E-state index in [1.165, 1.54) is 0 Å². The van der Waals surface area contributed by atoms with Crippen molar-refractivity contribution in [3.63, 3.8) is 0 Å². The van der Waals surface area contributed by atoms with Crippen LogP contribution in [0.5, 0.6) is 0 Å². The lowest BCUT2D eigenvalue weighted by Crippen LogP contribution is -2.03. The smallest absolute Gasteiger partial charge is 0.160 e. The fourth-order valence-electron chi connectivity index (χ4n) is 0.377. The Morgan fingerprint density at radius 2 is 2.00 bits per heavy atom. The molecular formula is C7H14N+. The fourth-order valence-corrected chi connectivity index (χ4v) is 0.377. The van der Waals surface area contributed by atoms with Gasteiger partial charge >= 0.3 is 0 Å². The number of likely N-dealkylation sites (N-methyl/N-ethyl adjacent to an activating group) is 1. The molecule has 0 amide bonds. The average Bonchev–Trinajstić information content (AvgIpc) is 1.83. The number of nitrogens with zero attached hydrogens (tertiary/aromatic N) is 1. The molecule has 0 aromatic carbocycles. The van der Waals surface area contributed by atoms with Gasteiger partial charge in [0.25, 0.3) is 0 Å². The second-order valence-corrected chi connectivity index (χ2v) is 1.77. The summed E-state index contributed by atoms with van der Waals surface area (Å²) in [5.74, 6) is 0. The fraction of sp³-hybridized carbons (Fsp3) is 0.571. The van der Waals surface area contributed by atoms with Gasteiger partial charge in [0, 0.05) is 6.92 Å². The van der Waals surface area contributed by atoms with Crippen LogP contribution in [0.3, 0.4) is 0 Å². The second kappa shape index (κ2) is 4.57. The molecule has 0 atom stereocenters. The highest BCUT2D eigenvalue weighted by molar-refractivity contribution is 5.46. The molecule has 0 spiro atoms. The van der Waals surface area contributed by atoms with Crippen LogP contribution in [0.2, 0.25) is 0 Å². The summed E-state index contributed by atoms with van der Waals surface area (Å²) in [5, 5.41) is 0. The summed E-state index contributed by atoms with van der Waals surface area (Å²) < 4.78 is 2.12. The van der Waals surface area contributed by atoms with E-state index < -0.39 is 0 Å². The molecule has 0 aromatic rings. The minimum atomic E-state index is 1.02. The highest BCUT2D eigenvalue weighted by atomic mass is 14.9. The van der Waals surface area contributed by atoms with Gasteiger partial charge in [0.2, 0.25) is 0 Å². The standard InChI is InChI=1S/C7H14N/c1-4-6-7-8(3)5-2/h4-6H,7H2,1-3H3/q+1. The van der Waals surface area contributed by atoms with Crippen LogP contribution in [0, 0.1) is 0 Å². The number of rotatable bonds is 2. The van der Waals surface area contributed by atoms with E-state index in [1.807, 2.05) is 13.8 Å². The molecule has 0 heterocycles. The molecule has 0 radical (unpaired) electrons. The van der Waals surface area contributed by atoms with E-state index >= 15 is 0 Å². The Hall–Kier alpha value is -0.590. The van der Waals surface area contributed by atoms with Crippen LogP contribution in [-0.2, 0) is 0 Å². The largest absolute Gasteiger partial charge is 0.239 e. The van der Waals surface area contributed by atoms with Gasteiger partial charge in [-0.3, -0.25) is 0 Å². The monoisotopic (exact) mass is 112 g/mol. The summed E-state index contributed by atoms with van der Waals surface area (Å²) in [6, 6.07) is 0. The predicted molar refractivity (Wildman–Crippen MR) is 37.6 cm³/mol. The Bertz CT molecular complexity index is 101. The lowest BCUT2D eigenvalue weighted by molar-refractivity contribution is -0.481. The van der Waals surface area contributed by atoms with Crippen molar-refractivity contribution in [3.05, 3.63) is 12.2 Å². The zero-order chi connectivity index (χ0) is 6.41. The van der Waals surface area contributed by atoms with Gasteiger partial charge in [-0.15, -0.1) is 0 Å². The maximum atomic E-state index is 2.12. The first-order chi connectivity index (χ1) is 3.81. The second-order valence-electron chi connectivity index (χ2n) is 1.77. The Labute approximate surface area is 51.3 Å². The topological polar surface area (TPSA) is 3.01 Å². The molecule has 0 rings (SSSR count). The first-order valence-corrected chi connectivity index (χ1v) is 2.92. The molecule has 0 unspecified atom stereocenters. The molecular weight excluding hydrogens is 98.1 g/mol. The molecule has 0 aromatic heterocycles. The van der Waals surface area contributed by atoms with E-state index in [9.17, 15) is 0 Å². The lowest BCUT2D eigenvalue weighted by Gasteiger charge is -1.85. The van der Waals surface area contributed by atoms with Crippen molar-refractivity contribution in [2.45, 2.75) is 13.8 Å². The van der Waals surface area contributed by atoms with Crippen LogP contribution in [0.4, 0.5) is 0 Å². The van der Waals surface area contributed by atoms with Gasteiger partial charge in [0.05, 0.1) is 0 Å². The highest BCUT2D eigenvalue weighted by Crippen LogP contribution is 1.70. The zero-order valence-electron chi connectivity index (χ0n) is 5.89. The van der Waals surface area contributed by atoms with E-state index in [2.05, 4.69) is 30.0 Å². The summed E-state index contributed by atoms with van der Waals surface area (Å²) in [5.41, 5.74) is 0. The van der Waals surface area contributed by atoms with Gasteiger partial charge in [0.15, 0.2) is 6.54 Å². The van der Waals surface area contributed by atoms with Crippen LogP contribution >= 0.6 is 0 Å². The Kier molecular flexibility index (Phi) is 4.23. The third kappa shape index (κ3) is 3.59. The summed E-state index contributed by atoms with van der Waals surface area (Å²) in [6.45, 7) is 5.08. The minimum Gasteiger partial charge on any atom is -0.239 e. The molecule has 0 N–H and O–H groups in total. The number of allylic oxidation sites excluding steroid dienone is 1. The van der Waals surface area contributed by atoms with Crippen molar-refractivity contribution >= 4 is 6.21 Å². The molecule has 0 saturated carbocycles. The zero-order valence-corrected chi connectivity index (χ0v) is 5.89. The normalized spacial score (nSPS) is 13.1. The van der Waals surface area contributed by atoms with Crippen LogP contribution in [0.15, 0.2) is 12.2 Å². The molecule has 0 aliphatic carbocycles. The molecule has 1 nitrogen and oxygen atoms in total. The van der Waals surface area contributed by atoms with Crippen molar-refractivity contribution in [3.8, 4) is 0 Å². The Balaban J connectivity index is 3.40. The number of hydrogen-bond acceptors (Lipinski definition) is 0. The van der Waals surface area contributed by atoms with Gasteiger partial charge in [-0.05, 0) is 13.0 Å². The lowest BCUT2D eigenvalue weighted by atomic mass is 10.5. The molecule has 1 heteroatoms. The first-order valence-electron chi connectivity index (χ1n) is 2.92. The highest BCUT2D eigenvalue weighted by Gasteiger charge is 1.82. The maximum absolute atomic E-state index is 2.12. The van der Waals surface area contributed by atoms with Gasteiger partial charge in [0.1, 0.15) is 13.3 Å². The van der Waals surface area contributed by atoms with Gasteiger partial charge in [-0.25, -0.2) is 4.58 Å². The molecule has 0 saturated heterocycles. The maximum Gasteiger partial charge on any atom is 0.160 e. The van der Waals surface area contributed by atoms with E-state index in [4.69, 9.17) is 0 Å². The van der Waals surface area contributed by atoms with Gasteiger partial charge in [-0.1, -0.05) is 6.08 Å². The molecule has 0 bridgehead atoms. The average molecular weight is 112 g/mol. The third-order valence-electron chi connectivity index (χ3n) is 1.07. The quantitative estimate of drug-likeness (QED) is 0.288. The number of hydrogen-bond donors (Lipinski definition) is 0. The van der Waals surface area contributed by atoms with Crippen molar-refractivity contribution in [2.24, 2.45) is 0 Å². The van der Waals surface area contributed by atoms with Crippen LogP contribution in [0.25, 0.3) is 0 Å². The van der Waals surface area contributed by atoms with E-state index in [0.29, 0.717) is 0 Å². The molecule has 0 fully saturated rings. The van der Waals surface area contributed by atoms with E-state index in [-0.39, 0.29) is 0 Å². The third-order valence-corrected chi connectivity index (χ3v) is 1.07. The van der Waals surface area contributed by atoms with E-state index in [1.54, 1.807) is 0 Å². The SMILES string of the molecule is CC=CC[N+](C)=CC. The molecule has 0 aliphatic heterocycles. The summed E-state index contributed by atoms with van der Waals surface area (Å²) >= 11 is 0. The summed E-state index contributed by atoms with van der Waals surface area (Å²) in [4.78, 5) is 0. The van der Waals surface area contributed by atoms with Gasteiger partial charge in [-0.2, -0.15) is 0 Å². The van der Waals surface area contributed by atoms with Crippen molar-refractivity contribution in [1.29, 1.82) is 0 Å². The summed E-state index contributed by atoms with van der Waals surface area (Å²) in [7, 11) is 2.06. The minimum absolute atomic E-state index is 1.02. The predicted octanol–water partition coefficient (Wildman–Crippen LogP) is 1.30. The van der Waals surface area contributed by atoms with Crippen LogP contribution < -0.4 is 0 Å². The van der Waals surface area contributed by atoms with Crippen molar-refractivity contribution in [2.75, 3.05) is 13.6 Å². The Morgan fingerprint density at radius 1 is 1.38 bits per heavy atom. The molecule has 8 heavy (non-hydrogen) atoms. The summed E-state index contributed by atoms with van der Waals surface area (Å²) in [6.07, 6.45) is 6.24. The molecule has 0 aliphatic rings. The molecule has 46 valence electrons. The van der Waals surface area contributed by atoms with Crippen molar-refractivity contribution in [1.82, 2.24) is 0 Å². The van der Waals surface area contributed by atoms with E-state index in [0.717, 1.165) is 6.54 Å². The van der Waals surface area contributed by atoms with Crippen LogP contribution in [-0.4, -0.2) is 24.4 Å². The van der Waals surface area contributed by atoms with Gasteiger partial charge < -0.3 is 0 Å².